The molecule has 10 heteroatoms. The van der Waals surface area contributed by atoms with Crippen molar-refractivity contribution >= 4 is 34.4 Å². The van der Waals surface area contributed by atoms with E-state index in [1.165, 1.54) is 12.1 Å². The quantitative estimate of drug-likeness (QED) is 0.557. The van der Waals surface area contributed by atoms with E-state index in [0.29, 0.717) is 35.6 Å². The van der Waals surface area contributed by atoms with Crippen molar-refractivity contribution < 1.29 is 9.85 Å². The molecule has 2 heterocycles. The Bertz CT molecular complexity index is 993. The van der Waals surface area contributed by atoms with Crippen LogP contribution in [-0.2, 0) is 0 Å². The van der Waals surface area contributed by atoms with Crippen LogP contribution in [0.4, 0.5) is 22.7 Å². The van der Waals surface area contributed by atoms with Crippen LogP contribution in [0.25, 0.3) is 11.1 Å². The highest BCUT2D eigenvalue weighted by atomic mass is 16.6. The fourth-order valence-electron chi connectivity index (χ4n) is 3.53. The van der Waals surface area contributed by atoms with Crippen LogP contribution in [0.15, 0.2) is 46.4 Å². The third kappa shape index (κ3) is 4.12. The van der Waals surface area contributed by atoms with Crippen molar-refractivity contribution in [3.05, 3.63) is 56.6 Å². The van der Waals surface area contributed by atoms with Gasteiger partial charge in [0.25, 0.3) is 11.4 Å². The fourth-order valence-corrected chi connectivity index (χ4v) is 3.53. The highest BCUT2D eigenvalue weighted by Gasteiger charge is 2.21. The van der Waals surface area contributed by atoms with Crippen LogP contribution in [0.2, 0.25) is 0 Å². The lowest BCUT2D eigenvalue weighted by atomic mass is 10.0. The molecule has 2 aliphatic rings. The molecule has 30 heavy (non-hydrogen) atoms. The molecule has 0 aliphatic carbocycles. The molecule has 0 bridgehead atoms. The van der Waals surface area contributed by atoms with Crippen molar-refractivity contribution in [3.63, 3.8) is 0 Å². The Kier molecular flexibility index (Phi) is 5.38. The van der Waals surface area contributed by atoms with Gasteiger partial charge < -0.3 is 10.6 Å². The average Bonchev–Trinajstić information content (AvgIpc) is 3.42. The first kappa shape index (κ1) is 19.5. The molecule has 0 amide bonds. The van der Waals surface area contributed by atoms with E-state index in [0.717, 1.165) is 37.4 Å². The van der Waals surface area contributed by atoms with Crippen LogP contribution in [0.3, 0.4) is 0 Å². The number of nitro benzene ring substituents is 2. The molecule has 0 radical (unpaired) electrons. The number of nitro groups is 2. The Morgan fingerprint density at radius 2 is 1.17 bits per heavy atom. The lowest BCUT2D eigenvalue weighted by Gasteiger charge is -2.10. The van der Waals surface area contributed by atoms with Crippen LogP contribution in [0.1, 0.15) is 25.7 Å². The number of aliphatic imine (C=N–C) groups is 2. The van der Waals surface area contributed by atoms with Crippen LogP contribution in [-0.4, -0.2) is 34.6 Å². The van der Waals surface area contributed by atoms with E-state index >= 15 is 0 Å². The zero-order valence-corrected chi connectivity index (χ0v) is 16.1. The van der Waals surface area contributed by atoms with Crippen molar-refractivity contribution in [2.75, 3.05) is 23.7 Å². The first-order chi connectivity index (χ1) is 14.5. The second-order valence-corrected chi connectivity index (χ2v) is 7.09. The van der Waals surface area contributed by atoms with Crippen molar-refractivity contribution in [2.24, 2.45) is 9.98 Å². The summed E-state index contributed by atoms with van der Waals surface area (Å²) in [6, 6.07) is 9.48. The number of amidine groups is 2. The molecule has 4 rings (SSSR count). The third-order valence-electron chi connectivity index (χ3n) is 5.03. The predicted octanol–water partition coefficient (Wildman–Crippen LogP) is 4.38. The normalized spacial score (nSPS) is 15.5. The number of rotatable bonds is 5. The molecule has 0 atom stereocenters. The van der Waals surface area contributed by atoms with Gasteiger partial charge in [-0.3, -0.25) is 30.2 Å². The van der Waals surface area contributed by atoms with Crippen molar-refractivity contribution in [3.8, 4) is 11.1 Å². The van der Waals surface area contributed by atoms with Gasteiger partial charge in [0.2, 0.25) is 0 Å². The first-order valence-electron chi connectivity index (χ1n) is 9.69. The smallest absolute Gasteiger partial charge is 0.293 e. The summed E-state index contributed by atoms with van der Waals surface area (Å²) in [4.78, 5) is 30.8. The zero-order valence-electron chi connectivity index (χ0n) is 16.1. The van der Waals surface area contributed by atoms with Gasteiger partial charge in [-0.05, 0) is 36.1 Å². The second kappa shape index (κ2) is 8.27. The summed E-state index contributed by atoms with van der Waals surface area (Å²) in [6.45, 7) is 1.43. The molecule has 2 aromatic carbocycles. The summed E-state index contributed by atoms with van der Waals surface area (Å²) in [6.07, 6.45) is 3.35. The molecule has 2 aliphatic heterocycles. The monoisotopic (exact) mass is 408 g/mol. The summed E-state index contributed by atoms with van der Waals surface area (Å²) in [7, 11) is 0. The first-order valence-corrected chi connectivity index (χ1v) is 9.69. The maximum atomic E-state index is 11.6. The lowest BCUT2D eigenvalue weighted by molar-refractivity contribution is -0.384. The molecule has 2 aromatic rings. The highest BCUT2D eigenvalue weighted by molar-refractivity contribution is 5.99. The zero-order chi connectivity index (χ0) is 21.1. The van der Waals surface area contributed by atoms with E-state index in [9.17, 15) is 20.2 Å². The molecule has 154 valence electrons. The van der Waals surface area contributed by atoms with Crippen molar-refractivity contribution in [1.82, 2.24) is 0 Å². The van der Waals surface area contributed by atoms with E-state index in [2.05, 4.69) is 20.6 Å². The van der Waals surface area contributed by atoms with Gasteiger partial charge in [-0.2, -0.15) is 0 Å². The summed E-state index contributed by atoms with van der Waals surface area (Å²) >= 11 is 0. The maximum Gasteiger partial charge on any atom is 0.293 e. The summed E-state index contributed by atoms with van der Waals surface area (Å²) in [5.41, 5.74) is 1.55. The van der Waals surface area contributed by atoms with Gasteiger partial charge in [0, 0.05) is 38.1 Å². The molecule has 10 nitrogen and oxygen atoms in total. The van der Waals surface area contributed by atoms with Crippen LogP contribution in [0, 0.1) is 20.2 Å². The minimum absolute atomic E-state index is 0.104. The lowest BCUT2D eigenvalue weighted by Crippen LogP contribution is -2.10. The largest absolute Gasteiger partial charge is 0.338 e. The van der Waals surface area contributed by atoms with E-state index in [1.807, 2.05) is 0 Å². The van der Waals surface area contributed by atoms with Crippen LogP contribution < -0.4 is 10.6 Å². The second-order valence-electron chi connectivity index (χ2n) is 7.09. The average molecular weight is 408 g/mol. The van der Waals surface area contributed by atoms with Gasteiger partial charge in [0.1, 0.15) is 23.0 Å². The van der Waals surface area contributed by atoms with E-state index < -0.39 is 9.85 Å². The molecular formula is C20H20N6O4. The number of benzene rings is 2. The maximum absolute atomic E-state index is 11.6. The highest BCUT2D eigenvalue weighted by Crippen LogP contribution is 2.35. The van der Waals surface area contributed by atoms with Crippen LogP contribution >= 0.6 is 0 Å². The Hall–Kier alpha value is -3.82. The Labute approximate surface area is 172 Å². The third-order valence-corrected chi connectivity index (χ3v) is 5.03. The number of nitrogens with zero attached hydrogens (tertiary/aromatic N) is 4. The standard InChI is InChI=1S/C20H20N6O4/c27-25(28)17-11-13(5-7-15(17)23-19-3-1-9-21-19)14-6-8-16(18(12-14)26(29)30)24-20-4-2-10-22-20/h5-8,11-12H,1-4,9-10H2,(H,21,23)(H,22,24). The predicted molar refractivity (Wildman–Crippen MR) is 116 cm³/mol. The molecule has 2 N–H and O–H groups in total. The minimum atomic E-state index is -0.468. The summed E-state index contributed by atoms with van der Waals surface area (Å²) < 4.78 is 0. The van der Waals surface area contributed by atoms with Gasteiger partial charge in [-0.25, -0.2) is 0 Å². The SMILES string of the molecule is O=[N+]([O-])c1cc(-c2ccc(NC3=NCCC3)c([N+](=O)[O-])c2)ccc1NC1=NCCC1. The number of hydrogen-bond donors (Lipinski definition) is 2. The van der Waals surface area contributed by atoms with E-state index in [1.54, 1.807) is 24.3 Å². The van der Waals surface area contributed by atoms with Gasteiger partial charge in [-0.15, -0.1) is 0 Å². The van der Waals surface area contributed by atoms with E-state index in [-0.39, 0.29) is 11.4 Å². The Morgan fingerprint density at radius 3 is 1.50 bits per heavy atom. The minimum Gasteiger partial charge on any atom is -0.338 e. The van der Waals surface area contributed by atoms with E-state index in [4.69, 9.17) is 0 Å². The fraction of sp³-hybridized carbons (Fsp3) is 0.300. The number of anilines is 2. The number of nitrogens with one attached hydrogen (secondary N) is 2. The Morgan fingerprint density at radius 1 is 0.733 bits per heavy atom. The number of hydrogen-bond acceptors (Lipinski definition) is 8. The molecular weight excluding hydrogens is 388 g/mol. The summed E-state index contributed by atoms with van der Waals surface area (Å²) in [5.74, 6) is 1.46. The van der Waals surface area contributed by atoms with Gasteiger partial charge in [-0.1, -0.05) is 12.1 Å². The molecule has 0 aromatic heterocycles. The van der Waals surface area contributed by atoms with Gasteiger partial charge >= 0.3 is 0 Å². The van der Waals surface area contributed by atoms with Crippen LogP contribution in [0.5, 0.6) is 0 Å². The summed E-state index contributed by atoms with van der Waals surface area (Å²) in [5, 5.41) is 29.2. The molecule has 0 saturated heterocycles. The molecule has 0 spiro atoms. The van der Waals surface area contributed by atoms with Crippen molar-refractivity contribution in [2.45, 2.75) is 25.7 Å². The Balaban J connectivity index is 1.67. The molecule has 0 saturated carbocycles. The molecule has 0 unspecified atom stereocenters. The van der Waals surface area contributed by atoms with Crippen molar-refractivity contribution in [1.29, 1.82) is 0 Å². The topological polar surface area (TPSA) is 135 Å². The van der Waals surface area contributed by atoms with Gasteiger partial charge in [0.05, 0.1) is 9.85 Å². The molecule has 0 fully saturated rings. The van der Waals surface area contributed by atoms with Gasteiger partial charge in [0.15, 0.2) is 0 Å².